The molecule has 0 bridgehead atoms. The molecule has 0 aromatic rings. The SMILES string of the molecule is CO[SiH](OC)C(C)CSSSCC(C)[SiH](OC)OC. The number of hydrogen-bond acceptors (Lipinski definition) is 7. The fourth-order valence-electron chi connectivity index (χ4n) is 1.58. The minimum Gasteiger partial charge on any atom is -0.400 e. The van der Waals surface area contributed by atoms with Crippen molar-refractivity contribution in [3.05, 3.63) is 0 Å². The molecule has 9 heteroatoms. The average Bonchev–Trinajstić information content (AvgIpc) is 2.41. The molecule has 0 rings (SSSR count). The molecule has 0 aliphatic carbocycles. The van der Waals surface area contributed by atoms with Crippen LogP contribution in [0.15, 0.2) is 0 Å². The highest BCUT2D eigenvalue weighted by atomic mass is 33.5. The molecule has 0 fully saturated rings. The summed E-state index contributed by atoms with van der Waals surface area (Å²) in [5, 5.41) is 0. The van der Waals surface area contributed by atoms with Crippen molar-refractivity contribution >= 4 is 50.0 Å². The largest absolute Gasteiger partial charge is 0.400 e. The molecule has 2 unspecified atom stereocenters. The first-order valence-electron chi connectivity index (χ1n) is 6.12. The summed E-state index contributed by atoms with van der Waals surface area (Å²) in [7, 11) is 9.64. The van der Waals surface area contributed by atoms with Gasteiger partial charge in [-0.1, -0.05) is 35.4 Å². The molecule has 0 saturated heterocycles. The molecule has 0 amide bonds. The minimum absolute atomic E-state index is 0.519. The van der Waals surface area contributed by atoms with E-state index in [-0.39, 0.29) is 0 Å². The zero-order valence-corrected chi connectivity index (χ0v) is 17.3. The second-order valence-corrected chi connectivity index (χ2v) is 14.2. The van der Waals surface area contributed by atoms with Crippen LogP contribution in [0.5, 0.6) is 0 Å². The van der Waals surface area contributed by atoms with Gasteiger partial charge < -0.3 is 17.7 Å². The van der Waals surface area contributed by atoms with E-state index in [0.717, 1.165) is 11.5 Å². The van der Waals surface area contributed by atoms with Crippen molar-refractivity contribution in [2.24, 2.45) is 0 Å². The van der Waals surface area contributed by atoms with Gasteiger partial charge in [0.25, 0.3) is 0 Å². The van der Waals surface area contributed by atoms with Crippen LogP contribution in [0.25, 0.3) is 0 Å². The third kappa shape index (κ3) is 9.04. The van der Waals surface area contributed by atoms with Gasteiger partial charge in [0.1, 0.15) is 0 Å². The molecule has 19 heavy (non-hydrogen) atoms. The quantitative estimate of drug-likeness (QED) is 0.300. The molecular weight excluding hydrogens is 336 g/mol. The zero-order chi connectivity index (χ0) is 14.7. The Hall–Kier alpha value is 1.32. The molecule has 0 aliphatic rings. The van der Waals surface area contributed by atoms with E-state index in [1.54, 1.807) is 28.4 Å². The molecule has 116 valence electrons. The van der Waals surface area contributed by atoms with Gasteiger partial charge in [-0.3, -0.25) is 0 Å². The Kier molecular flexibility index (Phi) is 13.9. The molecule has 0 aliphatic heterocycles. The predicted octanol–water partition coefficient (Wildman–Crippen LogP) is 2.82. The lowest BCUT2D eigenvalue weighted by molar-refractivity contribution is 0.270. The summed E-state index contributed by atoms with van der Waals surface area (Å²) >= 11 is 0. The number of rotatable bonds is 12. The van der Waals surface area contributed by atoms with Crippen molar-refractivity contribution in [3.8, 4) is 0 Å². The Bertz CT molecular complexity index is 189. The lowest BCUT2D eigenvalue weighted by Crippen LogP contribution is -2.25. The van der Waals surface area contributed by atoms with Crippen LogP contribution in [-0.4, -0.2) is 58.5 Å². The Morgan fingerprint density at radius 3 is 1.32 bits per heavy atom. The predicted molar refractivity (Wildman–Crippen MR) is 93.7 cm³/mol. The summed E-state index contributed by atoms with van der Waals surface area (Å²) in [6.45, 7) is 4.40. The number of hydrogen-bond donors (Lipinski definition) is 0. The van der Waals surface area contributed by atoms with Crippen molar-refractivity contribution in [1.82, 2.24) is 0 Å². The molecule has 0 heterocycles. The topological polar surface area (TPSA) is 36.9 Å². The maximum Gasteiger partial charge on any atom is 0.324 e. The maximum absolute atomic E-state index is 5.38. The van der Waals surface area contributed by atoms with Gasteiger partial charge in [-0.05, 0) is 9.83 Å². The summed E-state index contributed by atoms with van der Waals surface area (Å²) in [6.07, 6.45) is 0. The van der Waals surface area contributed by atoms with Crippen molar-refractivity contribution < 1.29 is 17.7 Å². The van der Waals surface area contributed by atoms with Crippen molar-refractivity contribution in [1.29, 1.82) is 0 Å². The van der Waals surface area contributed by atoms with E-state index in [4.69, 9.17) is 17.7 Å². The second-order valence-electron chi connectivity index (χ2n) is 4.27. The molecule has 0 N–H and O–H groups in total. The van der Waals surface area contributed by atoms with E-state index in [1.165, 1.54) is 0 Å². The van der Waals surface area contributed by atoms with Crippen LogP contribution >= 0.6 is 31.4 Å². The lowest BCUT2D eigenvalue weighted by atomic mass is 10.6. The van der Waals surface area contributed by atoms with E-state index in [9.17, 15) is 0 Å². The van der Waals surface area contributed by atoms with Gasteiger partial charge in [0.15, 0.2) is 0 Å². The van der Waals surface area contributed by atoms with E-state index in [1.807, 2.05) is 31.4 Å². The summed E-state index contributed by atoms with van der Waals surface area (Å²) < 4.78 is 21.5. The van der Waals surface area contributed by atoms with Gasteiger partial charge in [-0.25, -0.2) is 0 Å². The van der Waals surface area contributed by atoms with Gasteiger partial charge in [-0.2, -0.15) is 0 Å². The van der Waals surface area contributed by atoms with Crippen LogP contribution in [0.1, 0.15) is 13.8 Å². The summed E-state index contributed by atoms with van der Waals surface area (Å²) in [5.41, 5.74) is 1.04. The Morgan fingerprint density at radius 2 is 1.05 bits per heavy atom. The van der Waals surface area contributed by atoms with Crippen LogP contribution in [0.2, 0.25) is 11.1 Å². The minimum atomic E-state index is -1.46. The van der Waals surface area contributed by atoms with Gasteiger partial charge in [-0.15, -0.1) is 0 Å². The second kappa shape index (κ2) is 13.0. The van der Waals surface area contributed by atoms with Crippen LogP contribution in [0.4, 0.5) is 0 Å². The fraction of sp³-hybridized carbons (Fsp3) is 1.00. The smallest absolute Gasteiger partial charge is 0.324 e. The molecular formula is C10H26O4S3Si2. The molecule has 2 atom stereocenters. The average molecular weight is 363 g/mol. The maximum atomic E-state index is 5.38. The van der Waals surface area contributed by atoms with Crippen LogP contribution in [0.3, 0.4) is 0 Å². The van der Waals surface area contributed by atoms with Gasteiger partial charge in [0.2, 0.25) is 0 Å². The molecule has 0 saturated carbocycles. The summed E-state index contributed by atoms with van der Waals surface area (Å²) in [5.74, 6) is 2.14. The molecule has 4 nitrogen and oxygen atoms in total. The highest BCUT2D eigenvalue weighted by Crippen LogP contribution is 2.39. The van der Waals surface area contributed by atoms with Crippen LogP contribution < -0.4 is 0 Å². The third-order valence-corrected chi connectivity index (χ3v) is 12.1. The van der Waals surface area contributed by atoms with Crippen molar-refractivity contribution in [2.75, 3.05) is 39.9 Å². The highest BCUT2D eigenvalue weighted by Gasteiger charge is 2.21. The van der Waals surface area contributed by atoms with E-state index in [2.05, 4.69) is 13.8 Å². The van der Waals surface area contributed by atoms with E-state index >= 15 is 0 Å². The first kappa shape index (κ1) is 20.3. The Labute approximate surface area is 132 Å². The Morgan fingerprint density at radius 1 is 0.737 bits per heavy atom. The molecule has 0 radical (unpaired) electrons. The molecule has 0 aromatic heterocycles. The fourth-order valence-corrected chi connectivity index (χ4v) is 10.5. The first-order chi connectivity index (χ1) is 9.10. The summed E-state index contributed by atoms with van der Waals surface area (Å²) in [4.78, 5) is 0. The van der Waals surface area contributed by atoms with Crippen molar-refractivity contribution in [3.63, 3.8) is 0 Å². The Balaban J connectivity index is 3.64. The monoisotopic (exact) mass is 362 g/mol. The zero-order valence-electron chi connectivity index (χ0n) is 12.6. The van der Waals surface area contributed by atoms with E-state index in [0.29, 0.717) is 11.1 Å². The standard InChI is InChI=1S/C10H26O4S3Si2/c1-9(18(11-3)12-4)7-15-17-16-8-10(2)19(13-5)14-6/h9-10,18-19H,7-8H2,1-6H3. The molecule has 0 spiro atoms. The van der Waals surface area contributed by atoms with Crippen LogP contribution in [-0.2, 0) is 17.7 Å². The van der Waals surface area contributed by atoms with Crippen LogP contribution in [0, 0.1) is 0 Å². The van der Waals surface area contributed by atoms with Gasteiger partial charge in [0.05, 0.1) is 0 Å². The van der Waals surface area contributed by atoms with Crippen molar-refractivity contribution in [2.45, 2.75) is 24.9 Å². The van der Waals surface area contributed by atoms with Gasteiger partial charge in [0, 0.05) is 51.0 Å². The highest BCUT2D eigenvalue weighted by molar-refractivity contribution is 9.09. The first-order valence-corrected chi connectivity index (χ1v) is 13.2. The third-order valence-electron chi connectivity index (χ3n) is 2.62. The van der Waals surface area contributed by atoms with Gasteiger partial charge >= 0.3 is 18.6 Å². The summed E-state index contributed by atoms with van der Waals surface area (Å²) in [6, 6.07) is 0. The lowest BCUT2D eigenvalue weighted by Gasteiger charge is -2.19. The normalized spacial score (nSPS) is 15.2. The van der Waals surface area contributed by atoms with E-state index < -0.39 is 18.6 Å². The molecule has 0 aromatic carbocycles.